The monoisotopic (exact) mass is 267 g/mol. The van der Waals surface area contributed by atoms with Gasteiger partial charge in [0.05, 0.1) is 6.61 Å². The number of H-pyrrole nitrogens is 1. The van der Waals surface area contributed by atoms with E-state index < -0.39 is 15.0 Å². The zero-order chi connectivity index (χ0) is 12.2. The maximum absolute atomic E-state index is 11.3. The molecule has 90 valence electrons. The van der Waals surface area contributed by atoms with Gasteiger partial charge in [-0.3, -0.25) is 0 Å². The van der Waals surface area contributed by atoms with Crippen molar-refractivity contribution in [1.29, 1.82) is 0 Å². The Labute approximate surface area is 96.9 Å². The van der Waals surface area contributed by atoms with Gasteiger partial charge in [-0.15, -0.1) is 0 Å². The van der Waals surface area contributed by atoms with E-state index in [1.807, 2.05) is 0 Å². The fourth-order valence-electron chi connectivity index (χ4n) is 0.929. The zero-order valence-corrected chi connectivity index (χ0v) is 9.97. The molecule has 0 aromatic carbocycles. The standard InChI is InChI=1S/C8H10ClNO5S/c1-14-2-3-15-8(11)7-4-6(5-10-7)16(9,12)13/h4-5,10H,2-3H2,1H3. The van der Waals surface area contributed by atoms with E-state index in [1.54, 1.807) is 0 Å². The molecule has 0 unspecified atom stereocenters. The van der Waals surface area contributed by atoms with E-state index in [0.29, 0.717) is 0 Å². The van der Waals surface area contributed by atoms with Gasteiger partial charge in [-0.05, 0) is 6.07 Å². The molecule has 0 aliphatic carbocycles. The molecule has 0 saturated heterocycles. The quantitative estimate of drug-likeness (QED) is 0.483. The molecule has 6 nitrogen and oxygen atoms in total. The minimum absolute atomic E-state index is 0.0235. The molecular formula is C8H10ClNO5S. The van der Waals surface area contributed by atoms with Crippen molar-refractivity contribution in [2.75, 3.05) is 20.3 Å². The van der Waals surface area contributed by atoms with Gasteiger partial charge < -0.3 is 14.5 Å². The first-order valence-electron chi connectivity index (χ1n) is 4.24. The summed E-state index contributed by atoms with van der Waals surface area (Å²) in [6, 6.07) is 1.11. The number of hydrogen-bond donors (Lipinski definition) is 1. The van der Waals surface area contributed by atoms with Crippen LogP contribution in [0.3, 0.4) is 0 Å². The number of rotatable bonds is 5. The molecule has 0 fully saturated rings. The van der Waals surface area contributed by atoms with Crippen LogP contribution in [0.5, 0.6) is 0 Å². The Morgan fingerprint density at radius 2 is 2.19 bits per heavy atom. The molecule has 1 aromatic heterocycles. The second-order valence-electron chi connectivity index (χ2n) is 2.82. The number of aromatic nitrogens is 1. The third-order valence-electron chi connectivity index (χ3n) is 1.68. The van der Waals surface area contributed by atoms with Gasteiger partial charge in [0.15, 0.2) is 0 Å². The molecule has 0 aliphatic heterocycles. The van der Waals surface area contributed by atoms with Crippen LogP contribution in [0, 0.1) is 0 Å². The van der Waals surface area contributed by atoms with E-state index in [0.717, 1.165) is 12.3 Å². The topological polar surface area (TPSA) is 85.5 Å². The lowest BCUT2D eigenvalue weighted by Crippen LogP contribution is -2.10. The highest BCUT2D eigenvalue weighted by Crippen LogP contribution is 2.15. The van der Waals surface area contributed by atoms with Gasteiger partial charge in [0.1, 0.15) is 17.2 Å². The van der Waals surface area contributed by atoms with Gasteiger partial charge in [0, 0.05) is 24.0 Å². The Kier molecular flexibility index (Phi) is 4.34. The summed E-state index contributed by atoms with van der Waals surface area (Å²) in [7, 11) is 2.72. The fourth-order valence-corrected chi connectivity index (χ4v) is 1.65. The van der Waals surface area contributed by atoms with Crippen molar-refractivity contribution >= 4 is 25.7 Å². The highest BCUT2D eigenvalue weighted by Gasteiger charge is 2.16. The van der Waals surface area contributed by atoms with Gasteiger partial charge in [0.25, 0.3) is 9.05 Å². The second-order valence-corrected chi connectivity index (χ2v) is 5.38. The van der Waals surface area contributed by atoms with Crippen molar-refractivity contribution in [3.8, 4) is 0 Å². The predicted octanol–water partition coefficient (Wildman–Crippen LogP) is 0.745. The van der Waals surface area contributed by atoms with Gasteiger partial charge in [0.2, 0.25) is 0 Å². The zero-order valence-electron chi connectivity index (χ0n) is 8.40. The molecule has 0 aliphatic rings. The first-order valence-corrected chi connectivity index (χ1v) is 6.55. The van der Waals surface area contributed by atoms with Crippen LogP contribution in [0.1, 0.15) is 10.5 Å². The number of aromatic amines is 1. The summed E-state index contributed by atoms with van der Waals surface area (Å²) in [5, 5.41) is 0. The van der Waals surface area contributed by atoms with E-state index in [-0.39, 0.29) is 23.8 Å². The number of ether oxygens (including phenoxy) is 2. The Morgan fingerprint density at radius 3 is 2.69 bits per heavy atom. The van der Waals surface area contributed by atoms with Crippen molar-refractivity contribution in [1.82, 2.24) is 4.98 Å². The molecule has 1 rings (SSSR count). The number of carbonyl (C=O) groups is 1. The van der Waals surface area contributed by atoms with Crippen LogP contribution < -0.4 is 0 Å². The number of halogens is 1. The third-order valence-corrected chi connectivity index (χ3v) is 3.01. The maximum atomic E-state index is 11.3. The van der Waals surface area contributed by atoms with Crippen LogP contribution in [0.4, 0.5) is 0 Å². The second kappa shape index (κ2) is 5.33. The lowest BCUT2D eigenvalue weighted by molar-refractivity contribution is 0.0382. The van der Waals surface area contributed by atoms with Crippen molar-refractivity contribution in [2.24, 2.45) is 0 Å². The summed E-state index contributed by atoms with van der Waals surface area (Å²) < 4.78 is 31.2. The van der Waals surface area contributed by atoms with Crippen LogP contribution >= 0.6 is 10.7 Å². The molecule has 1 N–H and O–H groups in total. The Bertz CT molecular complexity index is 467. The van der Waals surface area contributed by atoms with Gasteiger partial charge in [-0.25, -0.2) is 13.2 Å². The molecule has 8 heteroatoms. The summed E-state index contributed by atoms with van der Waals surface area (Å²) in [5.74, 6) is -0.663. The molecular weight excluding hydrogens is 258 g/mol. The Hall–Kier alpha value is -1.05. The lowest BCUT2D eigenvalue weighted by Gasteiger charge is -2.01. The molecule has 0 spiro atoms. The summed E-state index contributed by atoms with van der Waals surface area (Å²) >= 11 is 0. The first-order chi connectivity index (χ1) is 7.45. The number of hydrogen-bond acceptors (Lipinski definition) is 5. The van der Waals surface area contributed by atoms with Gasteiger partial charge >= 0.3 is 5.97 Å². The van der Waals surface area contributed by atoms with Gasteiger partial charge in [-0.1, -0.05) is 0 Å². The van der Waals surface area contributed by atoms with E-state index in [4.69, 9.17) is 15.4 Å². The SMILES string of the molecule is COCCOC(=O)c1cc(S(=O)(=O)Cl)c[nH]1. The molecule has 0 bridgehead atoms. The van der Waals surface area contributed by atoms with E-state index in [2.05, 4.69) is 9.72 Å². The normalized spacial score (nSPS) is 11.4. The van der Waals surface area contributed by atoms with Crippen LogP contribution in [-0.2, 0) is 18.5 Å². The largest absolute Gasteiger partial charge is 0.459 e. The van der Waals surface area contributed by atoms with Crippen molar-refractivity contribution in [3.63, 3.8) is 0 Å². The summed E-state index contributed by atoms with van der Waals surface area (Å²) in [4.78, 5) is 13.6. The number of nitrogens with one attached hydrogen (secondary N) is 1. The Balaban J connectivity index is 2.68. The maximum Gasteiger partial charge on any atom is 0.354 e. The minimum atomic E-state index is -3.83. The highest BCUT2D eigenvalue weighted by atomic mass is 35.7. The lowest BCUT2D eigenvalue weighted by atomic mass is 10.4. The summed E-state index contributed by atoms with van der Waals surface area (Å²) in [5.41, 5.74) is 0.0235. The number of carbonyl (C=O) groups excluding carboxylic acids is 1. The molecule has 0 saturated carbocycles. The average Bonchev–Trinajstić information content (AvgIpc) is 2.66. The minimum Gasteiger partial charge on any atom is -0.459 e. The molecule has 1 heterocycles. The van der Waals surface area contributed by atoms with Crippen LogP contribution in [0.2, 0.25) is 0 Å². The van der Waals surface area contributed by atoms with Gasteiger partial charge in [-0.2, -0.15) is 0 Å². The van der Waals surface area contributed by atoms with Crippen LogP contribution in [0.25, 0.3) is 0 Å². The number of esters is 1. The fraction of sp³-hybridized carbons (Fsp3) is 0.375. The van der Waals surface area contributed by atoms with Crippen molar-refractivity contribution in [3.05, 3.63) is 18.0 Å². The molecule has 0 amide bonds. The predicted molar refractivity (Wildman–Crippen MR) is 56.0 cm³/mol. The van der Waals surface area contributed by atoms with E-state index >= 15 is 0 Å². The smallest absolute Gasteiger partial charge is 0.354 e. The summed E-state index contributed by atoms with van der Waals surface area (Å²) in [6.45, 7) is 0.365. The number of methoxy groups -OCH3 is 1. The Morgan fingerprint density at radius 1 is 1.50 bits per heavy atom. The average molecular weight is 268 g/mol. The first kappa shape index (κ1) is 13.0. The molecule has 1 aromatic rings. The molecule has 16 heavy (non-hydrogen) atoms. The molecule has 0 atom stereocenters. The van der Waals surface area contributed by atoms with Crippen LogP contribution in [0.15, 0.2) is 17.2 Å². The molecule has 0 radical (unpaired) electrons. The van der Waals surface area contributed by atoms with E-state index in [1.165, 1.54) is 7.11 Å². The van der Waals surface area contributed by atoms with Crippen LogP contribution in [-0.4, -0.2) is 39.7 Å². The van der Waals surface area contributed by atoms with Crippen molar-refractivity contribution < 1.29 is 22.7 Å². The highest BCUT2D eigenvalue weighted by molar-refractivity contribution is 8.13. The third kappa shape index (κ3) is 3.51. The van der Waals surface area contributed by atoms with E-state index in [9.17, 15) is 13.2 Å². The summed E-state index contributed by atoms with van der Waals surface area (Å²) in [6.07, 6.45) is 1.12. The van der Waals surface area contributed by atoms with Crippen molar-refractivity contribution in [2.45, 2.75) is 4.90 Å².